The zero-order valence-corrected chi connectivity index (χ0v) is 8.73. The minimum Gasteiger partial charge on any atom is -0.318 e. The van der Waals surface area contributed by atoms with Gasteiger partial charge in [0.15, 0.2) is 0 Å². The van der Waals surface area contributed by atoms with Gasteiger partial charge in [-0.3, -0.25) is 5.10 Å². The van der Waals surface area contributed by atoms with Crippen molar-refractivity contribution in [3.8, 4) is 0 Å². The van der Waals surface area contributed by atoms with Gasteiger partial charge in [0.1, 0.15) is 6.67 Å². The topological polar surface area (TPSA) is 99.2 Å². The molecule has 0 unspecified atom stereocenters. The van der Waals surface area contributed by atoms with Gasteiger partial charge < -0.3 is 10.6 Å². The molecule has 0 aliphatic carbocycles. The summed E-state index contributed by atoms with van der Waals surface area (Å²) < 4.78 is 0. The minimum atomic E-state index is -0.442. The van der Waals surface area contributed by atoms with E-state index in [0.717, 1.165) is 10.9 Å². The van der Waals surface area contributed by atoms with Crippen molar-refractivity contribution in [3.05, 3.63) is 24.4 Å². The van der Waals surface area contributed by atoms with E-state index < -0.39 is 6.03 Å². The number of aliphatic imine (C=N–C) groups is 1. The Morgan fingerprint density at radius 1 is 1.53 bits per heavy atom. The average Bonchev–Trinajstić information content (AvgIpc) is 2.76. The fourth-order valence-electron chi connectivity index (χ4n) is 1.33. The molecule has 17 heavy (non-hydrogen) atoms. The highest BCUT2D eigenvalue weighted by atomic mass is 16.2. The molecule has 7 heteroatoms. The van der Waals surface area contributed by atoms with Crippen molar-refractivity contribution in [1.29, 1.82) is 0 Å². The largest absolute Gasteiger partial charge is 0.320 e. The summed E-state index contributed by atoms with van der Waals surface area (Å²) in [6.07, 6.45) is 3.02. The van der Waals surface area contributed by atoms with Crippen LogP contribution in [0.4, 0.5) is 10.5 Å². The van der Waals surface area contributed by atoms with Crippen LogP contribution in [0.1, 0.15) is 0 Å². The number of hydrogen-bond donors (Lipinski definition) is 3. The second-order valence-electron chi connectivity index (χ2n) is 3.21. The summed E-state index contributed by atoms with van der Waals surface area (Å²) in [5.41, 5.74) is 1.45. The summed E-state index contributed by atoms with van der Waals surface area (Å²) in [7, 11) is 0. The zero-order chi connectivity index (χ0) is 12.1. The van der Waals surface area contributed by atoms with E-state index in [1.807, 2.05) is 6.07 Å². The lowest BCUT2D eigenvalue weighted by Crippen LogP contribution is -2.28. The van der Waals surface area contributed by atoms with Crippen LogP contribution in [-0.2, 0) is 4.79 Å². The molecule has 0 bridgehead atoms. The van der Waals surface area contributed by atoms with E-state index in [1.165, 1.54) is 6.08 Å². The van der Waals surface area contributed by atoms with E-state index in [1.54, 1.807) is 18.3 Å². The number of hydrogen-bond acceptors (Lipinski definition) is 4. The molecular weight excluding hydrogens is 222 g/mol. The fourth-order valence-corrected chi connectivity index (χ4v) is 1.33. The molecule has 2 amide bonds. The van der Waals surface area contributed by atoms with Crippen molar-refractivity contribution in [3.63, 3.8) is 0 Å². The molecule has 0 radical (unpaired) electrons. The molecule has 1 heterocycles. The van der Waals surface area contributed by atoms with Gasteiger partial charge in [0.25, 0.3) is 0 Å². The molecule has 0 fully saturated rings. The quantitative estimate of drug-likeness (QED) is 0.542. The molecule has 0 aliphatic heterocycles. The molecule has 1 aromatic carbocycles. The van der Waals surface area contributed by atoms with Crippen LogP contribution in [0.25, 0.3) is 10.9 Å². The van der Waals surface area contributed by atoms with Crippen molar-refractivity contribution >= 4 is 28.7 Å². The number of aromatic nitrogens is 2. The van der Waals surface area contributed by atoms with Gasteiger partial charge in [0.2, 0.25) is 6.08 Å². The van der Waals surface area contributed by atoms with Gasteiger partial charge in [-0.15, -0.1) is 0 Å². The van der Waals surface area contributed by atoms with Gasteiger partial charge >= 0.3 is 6.03 Å². The molecule has 0 saturated carbocycles. The van der Waals surface area contributed by atoms with Crippen molar-refractivity contribution in [2.45, 2.75) is 0 Å². The van der Waals surface area contributed by atoms with Crippen molar-refractivity contribution in [1.82, 2.24) is 15.5 Å². The first-order valence-corrected chi connectivity index (χ1v) is 4.81. The molecule has 0 spiro atoms. The second kappa shape index (κ2) is 4.91. The number of aromatic amines is 1. The number of carbonyl (C=O) groups is 1. The van der Waals surface area contributed by atoms with E-state index in [9.17, 15) is 9.59 Å². The number of isocyanates is 1. The Balaban J connectivity index is 2.02. The first-order valence-electron chi connectivity index (χ1n) is 4.81. The summed E-state index contributed by atoms with van der Waals surface area (Å²) in [5, 5.41) is 12.6. The SMILES string of the molecule is O=C=NCNC(=O)Nc1ccc2cn[nH]c2c1. The molecule has 86 valence electrons. The van der Waals surface area contributed by atoms with E-state index in [2.05, 4.69) is 25.8 Å². The van der Waals surface area contributed by atoms with Crippen molar-refractivity contribution in [2.24, 2.45) is 4.99 Å². The maximum Gasteiger partial charge on any atom is 0.320 e. The third-order valence-electron chi connectivity index (χ3n) is 2.08. The lowest BCUT2D eigenvalue weighted by atomic mass is 10.2. The fraction of sp³-hybridized carbons (Fsp3) is 0.100. The van der Waals surface area contributed by atoms with Crippen molar-refractivity contribution in [2.75, 3.05) is 12.0 Å². The number of urea groups is 1. The minimum absolute atomic E-state index is 0.0956. The van der Waals surface area contributed by atoms with Crippen LogP contribution in [-0.4, -0.2) is 29.0 Å². The lowest BCUT2D eigenvalue weighted by molar-refractivity contribution is 0.252. The number of fused-ring (bicyclic) bond motifs is 1. The highest BCUT2D eigenvalue weighted by Crippen LogP contribution is 2.16. The Kier molecular flexibility index (Phi) is 3.13. The molecule has 3 N–H and O–H groups in total. The van der Waals surface area contributed by atoms with Gasteiger partial charge in [0, 0.05) is 11.1 Å². The predicted molar refractivity (Wildman–Crippen MR) is 61.2 cm³/mol. The van der Waals surface area contributed by atoms with Crippen LogP contribution in [0.3, 0.4) is 0 Å². The van der Waals surface area contributed by atoms with Crippen LogP contribution in [0.2, 0.25) is 0 Å². The predicted octanol–water partition coefficient (Wildman–Crippen LogP) is 0.978. The Hall–Kier alpha value is -2.66. The van der Waals surface area contributed by atoms with E-state index in [4.69, 9.17) is 0 Å². The normalized spacial score (nSPS) is 9.65. The van der Waals surface area contributed by atoms with E-state index in [0.29, 0.717) is 5.69 Å². The third kappa shape index (κ3) is 2.67. The second-order valence-corrected chi connectivity index (χ2v) is 3.21. The van der Waals surface area contributed by atoms with Gasteiger partial charge in [-0.05, 0) is 18.2 Å². The number of nitrogens with one attached hydrogen (secondary N) is 3. The maximum atomic E-state index is 11.3. The number of rotatable bonds is 3. The van der Waals surface area contributed by atoms with Gasteiger partial charge in [-0.2, -0.15) is 10.1 Å². The van der Waals surface area contributed by atoms with Crippen LogP contribution in [0, 0.1) is 0 Å². The van der Waals surface area contributed by atoms with Gasteiger partial charge in [0.05, 0.1) is 11.7 Å². The first-order chi connectivity index (χ1) is 8.29. The highest BCUT2D eigenvalue weighted by Gasteiger charge is 2.02. The van der Waals surface area contributed by atoms with Crippen LogP contribution in [0.15, 0.2) is 29.4 Å². The molecule has 2 rings (SSSR count). The lowest BCUT2D eigenvalue weighted by Gasteiger charge is -2.04. The molecular formula is C10H9N5O2. The van der Waals surface area contributed by atoms with Crippen LogP contribution in [0.5, 0.6) is 0 Å². The summed E-state index contributed by atoms with van der Waals surface area (Å²) in [5.74, 6) is 0. The number of amides is 2. The standard InChI is InChI=1S/C10H9N5O2/c16-6-11-5-12-10(17)14-8-2-1-7-4-13-15-9(7)3-8/h1-4H,5H2,(H,13,15)(H2,12,14,17). The Labute approximate surface area is 95.9 Å². The molecule has 2 aromatic rings. The van der Waals surface area contributed by atoms with Gasteiger partial charge in [-0.25, -0.2) is 9.59 Å². The Bertz CT molecular complexity index is 585. The molecule has 0 atom stereocenters. The van der Waals surface area contributed by atoms with Crippen LogP contribution >= 0.6 is 0 Å². The number of carbonyl (C=O) groups excluding carboxylic acids is 2. The average molecular weight is 231 g/mol. The number of nitrogens with zero attached hydrogens (tertiary/aromatic N) is 2. The summed E-state index contributed by atoms with van der Waals surface area (Å²) in [6, 6.07) is 4.89. The Morgan fingerprint density at radius 3 is 3.24 bits per heavy atom. The highest BCUT2D eigenvalue weighted by molar-refractivity contribution is 5.92. The molecule has 0 aliphatic rings. The molecule has 1 aromatic heterocycles. The monoisotopic (exact) mass is 231 g/mol. The van der Waals surface area contributed by atoms with E-state index >= 15 is 0 Å². The smallest absolute Gasteiger partial charge is 0.318 e. The van der Waals surface area contributed by atoms with Crippen molar-refractivity contribution < 1.29 is 9.59 Å². The number of benzene rings is 1. The van der Waals surface area contributed by atoms with E-state index in [-0.39, 0.29) is 6.67 Å². The maximum absolute atomic E-state index is 11.3. The Morgan fingerprint density at radius 2 is 2.41 bits per heavy atom. The summed E-state index contributed by atoms with van der Waals surface area (Å²) in [6.45, 7) is -0.0956. The van der Waals surface area contributed by atoms with Crippen LogP contribution < -0.4 is 10.6 Å². The number of anilines is 1. The summed E-state index contributed by atoms with van der Waals surface area (Å²) in [4.78, 5) is 24.3. The number of H-pyrrole nitrogens is 1. The first kappa shape index (κ1) is 10.8. The molecule has 7 nitrogen and oxygen atoms in total. The molecule has 0 saturated heterocycles. The third-order valence-corrected chi connectivity index (χ3v) is 2.08. The summed E-state index contributed by atoms with van der Waals surface area (Å²) >= 11 is 0. The zero-order valence-electron chi connectivity index (χ0n) is 8.73. The van der Waals surface area contributed by atoms with Gasteiger partial charge in [-0.1, -0.05) is 0 Å².